The van der Waals surface area contributed by atoms with E-state index in [1.165, 1.54) is 24.0 Å². The largest absolute Gasteiger partial charge is 0.389 e. The van der Waals surface area contributed by atoms with Gasteiger partial charge in [0.15, 0.2) is 0 Å². The monoisotopic (exact) mass is 218 g/mol. The highest BCUT2D eigenvalue weighted by Crippen LogP contribution is 2.40. The Morgan fingerprint density at radius 3 is 2.81 bits per heavy atom. The molecule has 2 atom stereocenters. The summed E-state index contributed by atoms with van der Waals surface area (Å²) in [5.74, 6) is 0.493. The van der Waals surface area contributed by atoms with Gasteiger partial charge in [0.25, 0.3) is 0 Å². The van der Waals surface area contributed by atoms with Crippen molar-refractivity contribution in [1.29, 1.82) is 0 Å². The smallest absolute Gasteiger partial charge is 0.0715 e. The van der Waals surface area contributed by atoms with E-state index in [4.69, 9.17) is 0 Å². The van der Waals surface area contributed by atoms with Crippen molar-refractivity contribution in [2.75, 3.05) is 0 Å². The molecule has 0 saturated heterocycles. The number of rotatable bonds is 3. The normalized spacial score (nSPS) is 29.6. The summed E-state index contributed by atoms with van der Waals surface area (Å²) in [6.07, 6.45) is 5.28. The second-order valence-corrected chi connectivity index (χ2v) is 5.20. The molecule has 0 heterocycles. The quantitative estimate of drug-likeness (QED) is 0.823. The lowest BCUT2D eigenvalue weighted by molar-refractivity contribution is 0.00134. The molecule has 1 aromatic rings. The first kappa shape index (κ1) is 11.7. The van der Waals surface area contributed by atoms with Crippen molar-refractivity contribution in [3.63, 3.8) is 0 Å². The van der Waals surface area contributed by atoms with Crippen LogP contribution in [0.15, 0.2) is 24.3 Å². The van der Waals surface area contributed by atoms with Crippen LogP contribution in [-0.2, 0) is 6.42 Å². The number of hydrogen-bond acceptors (Lipinski definition) is 1. The highest BCUT2D eigenvalue weighted by Gasteiger charge is 2.39. The fraction of sp³-hybridized carbons (Fsp3) is 0.600. The molecule has 1 nitrogen and oxygen atoms in total. The topological polar surface area (TPSA) is 20.2 Å². The zero-order valence-corrected chi connectivity index (χ0v) is 10.4. The van der Waals surface area contributed by atoms with Crippen LogP contribution in [0.5, 0.6) is 0 Å². The summed E-state index contributed by atoms with van der Waals surface area (Å²) in [7, 11) is 0. The van der Waals surface area contributed by atoms with Crippen LogP contribution in [0.4, 0.5) is 0 Å². The Hall–Kier alpha value is -0.820. The van der Waals surface area contributed by atoms with Crippen molar-refractivity contribution in [2.24, 2.45) is 5.92 Å². The van der Waals surface area contributed by atoms with Gasteiger partial charge in [-0.2, -0.15) is 0 Å². The average Bonchev–Trinajstić information content (AvgIpc) is 2.63. The third kappa shape index (κ3) is 2.15. The van der Waals surface area contributed by atoms with Crippen LogP contribution in [0.2, 0.25) is 0 Å². The van der Waals surface area contributed by atoms with Crippen molar-refractivity contribution in [1.82, 2.24) is 0 Å². The van der Waals surface area contributed by atoms with Crippen LogP contribution in [0.25, 0.3) is 0 Å². The van der Waals surface area contributed by atoms with E-state index < -0.39 is 5.60 Å². The van der Waals surface area contributed by atoms with E-state index in [1.807, 2.05) is 0 Å². The first-order valence-corrected chi connectivity index (χ1v) is 6.42. The van der Waals surface area contributed by atoms with Gasteiger partial charge in [-0.15, -0.1) is 0 Å². The van der Waals surface area contributed by atoms with Gasteiger partial charge in [0.2, 0.25) is 0 Å². The minimum Gasteiger partial charge on any atom is -0.389 e. The fourth-order valence-electron chi connectivity index (χ4n) is 3.08. The molecule has 1 aromatic carbocycles. The molecule has 1 aliphatic rings. The lowest BCUT2D eigenvalue weighted by atomic mass is 9.82. The standard InChI is InChI=1S/C15H22O/c1-3-14-9-6-10-15(14,16)11-13-8-5-4-7-12(13)2/h4-5,7-8,14,16H,3,6,9-11H2,1-2H3. The van der Waals surface area contributed by atoms with E-state index in [-0.39, 0.29) is 0 Å². The summed E-state index contributed by atoms with van der Waals surface area (Å²) in [5.41, 5.74) is 2.17. The van der Waals surface area contributed by atoms with Gasteiger partial charge in [-0.25, -0.2) is 0 Å². The maximum atomic E-state index is 10.7. The summed E-state index contributed by atoms with van der Waals surface area (Å²) in [6, 6.07) is 8.42. The molecule has 0 radical (unpaired) electrons. The van der Waals surface area contributed by atoms with Gasteiger partial charge in [0, 0.05) is 6.42 Å². The molecular weight excluding hydrogens is 196 g/mol. The Kier molecular flexibility index (Phi) is 3.34. The maximum Gasteiger partial charge on any atom is 0.0715 e. The second-order valence-electron chi connectivity index (χ2n) is 5.20. The number of aryl methyl sites for hydroxylation is 1. The van der Waals surface area contributed by atoms with Crippen LogP contribution >= 0.6 is 0 Å². The molecule has 2 rings (SSSR count). The van der Waals surface area contributed by atoms with E-state index in [0.29, 0.717) is 5.92 Å². The summed E-state index contributed by atoms with van der Waals surface area (Å²) < 4.78 is 0. The third-order valence-corrected chi connectivity index (χ3v) is 4.17. The second kappa shape index (κ2) is 4.58. The van der Waals surface area contributed by atoms with Crippen LogP contribution in [-0.4, -0.2) is 10.7 Å². The van der Waals surface area contributed by atoms with Crippen molar-refractivity contribution in [3.05, 3.63) is 35.4 Å². The van der Waals surface area contributed by atoms with Crippen molar-refractivity contribution in [2.45, 2.75) is 51.6 Å². The van der Waals surface area contributed by atoms with Crippen molar-refractivity contribution >= 4 is 0 Å². The Bertz CT molecular complexity index is 358. The number of hydrogen-bond donors (Lipinski definition) is 1. The minimum atomic E-state index is -0.444. The Morgan fingerprint density at radius 1 is 1.38 bits per heavy atom. The van der Waals surface area contributed by atoms with Crippen LogP contribution in [0.1, 0.15) is 43.7 Å². The average molecular weight is 218 g/mol. The molecular formula is C15H22O. The Morgan fingerprint density at radius 2 is 2.12 bits per heavy atom. The van der Waals surface area contributed by atoms with Gasteiger partial charge < -0.3 is 5.11 Å². The first-order chi connectivity index (χ1) is 7.65. The maximum absolute atomic E-state index is 10.7. The lowest BCUT2D eigenvalue weighted by Gasteiger charge is -2.30. The molecule has 1 heteroatoms. The number of aliphatic hydroxyl groups is 1. The summed E-state index contributed by atoms with van der Waals surface area (Å²) in [4.78, 5) is 0. The SMILES string of the molecule is CCC1CCCC1(O)Cc1ccccc1C. The van der Waals surface area contributed by atoms with Crippen molar-refractivity contribution in [3.8, 4) is 0 Å². The lowest BCUT2D eigenvalue weighted by Crippen LogP contribution is -2.35. The predicted octanol–water partition coefficient (Wildman–Crippen LogP) is 3.48. The molecule has 0 aromatic heterocycles. The van der Waals surface area contributed by atoms with E-state index >= 15 is 0 Å². The zero-order chi connectivity index (χ0) is 11.6. The molecule has 1 N–H and O–H groups in total. The van der Waals surface area contributed by atoms with E-state index in [2.05, 4.69) is 38.1 Å². The molecule has 16 heavy (non-hydrogen) atoms. The van der Waals surface area contributed by atoms with Gasteiger partial charge in [-0.3, -0.25) is 0 Å². The Labute approximate surface area is 98.5 Å². The minimum absolute atomic E-state index is 0.444. The molecule has 0 amide bonds. The van der Waals surface area contributed by atoms with Gasteiger partial charge in [-0.05, 0) is 36.8 Å². The molecule has 2 unspecified atom stereocenters. The molecule has 1 fully saturated rings. The highest BCUT2D eigenvalue weighted by atomic mass is 16.3. The van der Waals surface area contributed by atoms with E-state index in [0.717, 1.165) is 19.3 Å². The molecule has 0 spiro atoms. The van der Waals surface area contributed by atoms with Gasteiger partial charge >= 0.3 is 0 Å². The molecule has 1 saturated carbocycles. The molecule has 0 aliphatic heterocycles. The van der Waals surface area contributed by atoms with E-state index in [9.17, 15) is 5.11 Å². The third-order valence-electron chi connectivity index (χ3n) is 4.17. The Balaban J connectivity index is 2.17. The van der Waals surface area contributed by atoms with E-state index in [1.54, 1.807) is 0 Å². The van der Waals surface area contributed by atoms with Gasteiger partial charge in [0.05, 0.1) is 5.60 Å². The van der Waals surface area contributed by atoms with Crippen molar-refractivity contribution < 1.29 is 5.11 Å². The molecule has 0 bridgehead atoms. The number of benzene rings is 1. The summed E-state index contributed by atoms with van der Waals surface area (Å²) in [5, 5.41) is 10.7. The first-order valence-electron chi connectivity index (χ1n) is 6.42. The van der Waals surface area contributed by atoms with Gasteiger partial charge in [-0.1, -0.05) is 44.0 Å². The summed E-state index contributed by atoms with van der Waals surface area (Å²) >= 11 is 0. The predicted molar refractivity (Wildman–Crippen MR) is 67.5 cm³/mol. The highest BCUT2D eigenvalue weighted by molar-refractivity contribution is 5.27. The van der Waals surface area contributed by atoms with Gasteiger partial charge in [0.1, 0.15) is 0 Å². The molecule has 88 valence electrons. The fourth-order valence-corrected chi connectivity index (χ4v) is 3.08. The van der Waals surface area contributed by atoms with Crippen LogP contribution in [0, 0.1) is 12.8 Å². The summed E-state index contributed by atoms with van der Waals surface area (Å²) in [6.45, 7) is 4.33. The molecule has 1 aliphatic carbocycles. The van der Waals surface area contributed by atoms with Crippen LogP contribution < -0.4 is 0 Å². The van der Waals surface area contributed by atoms with Crippen LogP contribution in [0.3, 0.4) is 0 Å². The zero-order valence-electron chi connectivity index (χ0n) is 10.4.